The number of nitrogens with zero attached hydrogens (tertiary/aromatic N) is 2. The van der Waals surface area contributed by atoms with Crippen molar-refractivity contribution in [1.29, 1.82) is 0 Å². The number of halogens is 3. The van der Waals surface area contributed by atoms with Crippen LogP contribution in [-0.2, 0) is 14.5 Å². The summed E-state index contributed by atoms with van der Waals surface area (Å²) in [4.78, 5) is 24.2. The standard InChI is InChI=1S/C13H14F3N3O3S/c14-13(15,16)11(20)18-23(22)8-6-19(7-9-23)12(21)17-10-4-2-1-3-5-10/h1-5H,6-9H2,(H,17,21). The lowest BCUT2D eigenvalue weighted by molar-refractivity contribution is -0.169. The maximum Gasteiger partial charge on any atom is 0.474 e. The van der Waals surface area contributed by atoms with Crippen molar-refractivity contribution in [3.8, 4) is 0 Å². The van der Waals surface area contributed by atoms with Crippen LogP contribution in [0.2, 0.25) is 0 Å². The Hall–Kier alpha value is -2.10. The molecule has 0 saturated carbocycles. The Morgan fingerprint density at radius 1 is 1.13 bits per heavy atom. The fourth-order valence-electron chi connectivity index (χ4n) is 1.94. The predicted molar refractivity (Wildman–Crippen MR) is 78.4 cm³/mol. The molecule has 3 amide bonds. The van der Waals surface area contributed by atoms with E-state index in [0.717, 1.165) is 0 Å². The first-order valence-electron chi connectivity index (χ1n) is 6.64. The topological polar surface area (TPSA) is 78.8 Å². The minimum absolute atomic E-state index is 0.0356. The highest BCUT2D eigenvalue weighted by Gasteiger charge is 2.40. The first kappa shape index (κ1) is 17.3. The average Bonchev–Trinajstić information content (AvgIpc) is 2.47. The molecule has 0 unspecified atom stereocenters. The number of alkyl halides is 3. The molecule has 2 rings (SSSR count). The molecule has 0 aliphatic carbocycles. The van der Waals surface area contributed by atoms with E-state index in [0.29, 0.717) is 5.69 Å². The molecule has 10 heteroatoms. The number of urea groups is 1. The van der Waals surface area contributed by atoms with Gasteiger partial charge in [0.05, 0.1) is 21.2 Å². The summed E-state index contributed by atoms with van der Waals surface area (Å²) in [6, 6.07) is 8.18. The van der Waals surface area contributed by atoms with Crippen molar-refractivity contribution in [1.82, 2.24) is 4.90 Å². The zero-order valence-corrected chi connectivity index (χ0v) is 12.7. The fraction of sp³-hybridized carbons (Fsp3) is 0.385. The van der Waals surface area contributed by atoms with Crippen molar-refractivity contribution >= 4 is 27.4 Å². The van der Waals surface area contributed by atoms with Crippen LogP contribution in [0.25, 0.3) is 0 Å². The molecule has 1 aliphatic rings. The molecule has 0 atom stereocenters. The second-order valence-electron chi connectivity index (χ2n) is 4.86. The van der Waals surface area contributed by atoms with Gasteiger partial charge in [0, 0.05) is 18.8 Å². The van der Waals surface area contributed by atoms with Crippen molar-refractivity contribution in [2.45, 2.75) is 6.18 Å². The summed E-state index contributed by atoms with van der Waals surface area (Å²) >= 11 is 0. The Labute approximate surface area is 130 Å². The molecule has 0 radical (unpaired) electrons. The lowest BCUT2D eigenvalue weighted by Gasteiger charge is -2.28. The van der Waals surface area contributed by atoms with Crippen molar-refractivity contribution in [2.24, 2.45) is 4.36 Å². The second kappa shape index (κ2) is 6.57. The van der Waals surface area contributed by atoms with Crippen LogP contribution < -0.4 is 5.32 Å². The molecule has 126 valence electrons. The first-order chi connectivity index (χ1) is 10.7. The number of carbonyl (C=O) groups excluding carboxylic acids is 2. The van der Waals surface area contributed by atoms with Gasteiger partial charge in [-0.25, -0.2) is 9.00 Å². The van der Waals surface area contributed by atoms with Crippen LogP contribution in [0.5, 0.6) is 0 Å². The Kier molecular flexibility index (Phi) is 4.93. The number of hydrogen-bond donors (Lipinski definition) is 1. The minimum Gasteiger partial charge on any atom is -0.323 e. The summed E-state index contributed by atoms with van der Waals surface area (Å²) in [7, 11) is -3.28. The zero-order chi connectivity index (χ0) is 17.1. The molecule has 1 aliphatic heterocycles. The Balaban J connectivity index is 1.98. The molecule has 23 heavy (non-hydrogen) atoms. The van der Waals surface area contributed by atoms with Gasteiger partial charge in [-0.2, -0.15) is 17.5 Å². The third-order valence-corrected chi connectivity index (χ3v) is 5.30. The van der Waals surface area contributed by atoms with Gasteiger partial charge in [0.15, 0.2) is 0 Å². The van der Waals surface area contributed by atoms with Gasteiger partial charge < -0.3 is 10.2 Å². The molecular formula is C13H14F3N3O3S. The van der Waals surface area contributed by atoms with Crippen LogP contribution in [0.3, 0.4) is 0 Å². The number of benzene rings is 1. The summed E-state index contributed by atoms with van der Waals surface area (Å²) in [6.07, 6.45) is -5.13. The van der Waals surface area contributed by atoms with E-state index in [1.54, 1.807) is 30.3 Å². The van der Waals surface area contributed by atoms with Gasteiger partial charge in [0.2, 0.25) is 0 Å². The molecule has 1 heterocycles. The van der Waals surface area contributed by atoms with Gasteiger partial charge in [0.25, 0.3) is 0 Å². The summed E-state index contributed by atoms with van der Waals surface area (Å²) in [5.74, 6) is -2.88. The van der Waals surface area contributed by atoms with Gasteiger partial charge >= 0.3 is 18.1 Å². The van der Waals surface area contributed by atoms with Gasteiger partial charge in [-0.3, -0.25) is 4.79 Å². The maximum atomic E-state index is 12.2. The Bertz CT molecular complexity index is 698. The molecule has 6 nitrogen and oxygen atoms in total. The van der Waals surface area contributed by atoms with E-state index in [9.17, 15) is 27.0 Å². The summed E-state index contributed by atoms with van der Waals surface area (Å²) in [5, 5.41) is 2.62. The molecule has 1 saturated heterocycles. The van der Waals surface area contributed by atoms with Crippen molar-refractivity contribution in [3.05, 3.63) is 30.3 Å². The van der Waals surface area contributed by atoms with E-state index in [1.165, 1.54) is 4.90 Å². The van der Waals surface area contributed by atoms with Crippen LogP contribution in [0.4, 0.5) is 23.7 Å². The van der Waals surface area contributed by atoms with E-state index < -0.39 is 27.8 Å². The Morgan fingerprint density at radius 2 is 1.70 bits per heavy atom. The van der Waals surface area contributed by atoms with Gasteiger partial charge in [-0.1, -0.05) is 18.2 Å². The molecule has 0 bridgehead atoms. The number of rotatable bonds is 1. The monoisotopic (exact) mass is 349 g/mol. The van der Waals surface area contributed by atoms with Crippen molar-refractivity contribution < 1.29 is 27.0 Å². The van der Waals surface area contributed by atoms with Crippen LogP contribution >= 0.6 is 0 Å². The minimum atomic E-state index is -5.13. The smallest absolute Gasteiger partial charge is 0.323 e. The van der Waals surface area contributed by atoms with E-state index in [-0.39, 0.29) is 24.6 Å². The number of carbonyl (C=O) groups is 2. The lowest BCUT2D eigenvalue weighted by Crippen LogP contribution is -2.46. The molecule has 1 aromatic rings. The summed E-state index contributed by atoms with van der Waals surface area (Å²) in [5.41, 5.74) is 0.570. The van der Waals surface area contributed by atoms with E-state index in [4.69, 9.17) is 0 Å². The normalized spacial score (nSPS) is 17.4. The van der Waals surface area contributed by atoms with Crippen LogP contribution in [0, 0.1) is 0 Å². The molecule has 0 spiro atoms. The first-order valence-corrected chi connectivity index (χ1v) is 8.50. The lowest BCUT2D eigenvalue weighted by atomic mass is 10.3. The van der Waals surface area contributed by atoms with Crippen molar-refractivity contribution in [2.75, 3.05) is 29.9 Å². The largest absolute Gasteiger partial charge is 0.474 e. The predicted octanol–water partition coefficient (Wildman–Crippen LogP) is 2.09. The molecular weight excluding hydrogens is 335 g/mol. The van der Waals surface area contributed by atoms with Gasteiger partial charge in [-0.05, 0) is 12.1 Å². The Morgan fingerprint density at radius 3 is 2.22 bits per heavy atom. The quantitative estimate of drug-likeness (QED) is 0.843. The fourth-order valence-corrected chi connectivity index (χ4v) is 3.74. The third kappa shape index (κ3) is 4.68. The second-order valence-corrected chi connectivity index (χ2v) is 7.40. The van der Waals surface area contributed by atoms with Crippen molar-refractivity contribution in [3.63, 3.8) is 0 Å². The highest BCUT2D eigenvalue weighted by Crippen LogP contribution is 2.19. The number of nitrogens with one attached hydrogen (secondary N) is 1. The summed E-state index contributed by atoms with van der Waals surface area (Å²) in [6.45, 7) is -0.0712. The highest BCUT2D eigenvalue weighted by molar-refractivity contribution is 7.94. The molecule has 1 fully saturated rings. The van der Waals surface area contributed by atoms with Gasteiger partial charge in [-0.15, -0.1) is 0 Å². The number of anilines is 1. The molecule has 1 aromatic carbocycles. The van der Waals surface area contributed by atoms with Crippen LogP contribution in [0.1, 0.15) is 0 Å². The number of amides is 3. The summed E-state index contributed by atoms with van der Waals surface area (Å²) < 4.78 is 51.5. The highest BCUT2D eigenvalue weighted by atomic mass is 32.2. The van der Waals surface area contributed by atoms with E-state index in [1.807, 2.05) is 0 Å². The average molecular weight is 349 g/mol. The van der Waals surface area contributed by atoms with Crippen LogP contribution in [-0.4, -0.2) is 51.8 Å². The van der Waals surface area contributed by atoms with Gasteiger partial charge in [0.1, 0.15) is 0 Å². The zero-order valence-electron chi connectivity index (χ0n) is 11.9. The van der Waals surface area contributed by atoms with Crippen LogP contribution in [0.15, 0.2) is 34.7 Å². The van der Waals surface area contributed by atoms with E-state index in [2.05, 4.69) is 9.68 Å². The number of para-hydroxylation sites is 1. The molecule has 0 aromatic heterocycles. The van der Waals surface area contributed by atoms with E-state index >= 15 is 0 Å². The molecule has 1 N–H and O–H groups in total. The maximum absolute atomic E-state index is 12.2. The SMILES string of the molecule is O=C(Nc1ccccc1)N1CCS(=O)(=NC(=O)C(F)(F)F)CC1. The third-order valence-electron chi connectivity index (χ3n) is 3.16. The number of hydrogen-bond acceptors (Lipinski definition) is 3.